The molecule has 0 saturated carbocycles. The van der Waals surface area contributed by atoms with Gasteiger partial charge in [0, 0.05) is 17.3 Å². The van der Waals surface area contributed by atoms with Crippen molar-refractivity contribution in [3.63, 3.8) is 0 Å². The number of nitrogens with zero attached hydrogens (tertiary/aromatic N) is 2. The van der Waals surface area contributed by atoms with Crippen LogP contribution in [-0.4, -0.2) is 33.2 Å². The molecule has 28 heavy (non-hydrogen) atoms. The number of para-hydroxylation sites is 1. The van der Waals surface area contributed by atoms with Crippen molar-refractivity contribution in [3.05, 3.63) is 58.1 Å². The minimum Gasteiger partial charge on any atom is -0.310 e. The fourth-order valence-corrected chi connectivity index (χ4v) is 5.25. The van der Waals surface area contributed by atoms with Crippen LogP contribution in [0.5, 0.6) is 0 Å². The Bertz CT molecular complexity index is 995. The summed E-state index contributed by atoms with van der Waals surface area (Å²) < 4.78 is 26.5. The molecule has 2 aromatic rings. The summed E-state index contributed by atoms with van der Waals surface area (Å²) in [7, 11) is -3.79. The molecule has 1 aliphatic rings. The summed E-state index contributed by atoms with van der Waals surface area (Å²) in [5, 5.41) is 0.568. The van der Waals surface area contributed by atoms with Crippen molar-refractivity contribution in [2.24, 2.45) is 0 Å². The SMILES string of the molecule is CC[C@@H](C(=O)N1CCCc2ccccc21)N(c1cc(Cl)ccc1Cl)S(C)(=O)=O. The number of amides is 1. The lowest BCUT2D eigenvalue weighted by Crippen LogP contribution is -2.52. The second-order valence-electron chi connectivity index (χ2n) is 6.80. The highest BCUT2D eigenvalue weighted by atomic mass is 35.5. The van der Waals surface area contributed by atoms with Gasteiger partial charge in [-0.25, -0.2) is 8.42 Å². The third kappa shape index (κ3) is 4.14. The Morgan fingerprint density at radius 3 is 2.61 bits per heavy atom. The molecule has 5 nitrogen and oxygen atoms in total. The number of hydrogen-bond acceptors (Lipinski definition) is 3. The van der Waals surface area contributed by atoms with Gasteiger partial charge in [0.2, 0.25) is 10.0 Å². The largest absolute Gasteiger partial charge is 0.310 e. The summed E-state index contributed by atoms with van der Waals surface area (Å²) in [4.78, 5) is 15.2. The van der Waals surface area contributed by atoms with Gasteiger partial charge in [-0.1, -0.05) is 48.3 Å². The second kappa shape index (κ2) is 8.31. The number of carbonyl (C=O) groups excluding carboxylic acids is 1. The first kappa shape index (κ1) is 21.0. The van der Waals surface area contributed by atoms with Crippen molar-refractivity contribution >= 4 is 50.5 Å². The van der Waals surface area contributed by atoms with E-state index >= 15 is 0 Å². The van der Waals surface area contributed by atoms with E-state index in [9.17, 15) is 13.2 Å². The summed E-state index contributed by atoms with van der Waals surface area (Å²) in [5.41, 5.74) is 2.13. The molecular formula is C20H22Cl2N2O3S. The van der Waals surface area contributed by atoms with E-state index in [1.165, 1.54) is 12.1 Å². The van der Waals surface area contributed by atoms with E-state index in [0.29, 0.717) is 18.0 Å². The van der Waals surface area contributed by atoms with E-state index in [1.807, 2.05) is 24.3 Å². The van der Waals surface area contributed by atoms with Gasteiger partial charge >= 0.3 is 0 Å². The third-order valence-electron chi connectivity index (χ3n) is 4.83. The van der Waals surface area contributed by atoms with Crippen LogP contribution in [0.25, 0.3) is 0 Å². The van der Waals surface area contributed by atoms with Gasteiger partial charge in [0.25, 0.3) is 5.91 Å². The van der Waals surface area contributed by atoms with Crippen molar-refractivity contribution in [1.29, 1.82) is 0 Å². The molecule has 0 fully saturated rings. The Balaban J connectivity index is 2.07. The van der Waals surface area contributed by atoms with Gasteiger partial charge in [-0.2, -0.15) is 0 Å². The van der Waals surface area contributed by atoms with Gasteiger partial charge < -0.3 is 4.90 Å². The lowest BCUT2D eigenvalue weighted by atomic mass is 10.0. The molecular weight excluding hydrogens is 419 g/mol. The Kier molecular flexibility index (Phi) is 6.22. The number of sulfonamides is 1. The molecule has 8 heteroatoms. The summed E-state index contributed by atoms with van der Waals surface area (Å²) in [6.45, 7) is 2.34. The molecule has 1 amide bonds. The minimum absolute atomic E-state index is 0.210. The fraction of sp³-hybridized carbons (Fsp3) is 0.350. The van der Waals surface area contributed by atoms with Crippen LogP contribution < -0.4 is 9.21 Å². The van der Waals surface area contributed by atoms with Gasteiger partial charge in [-0.15, -0.1) is 0 Å². The van der Waals surface area contributed by atoms with Crippen molar-refractivity contribution < 1.29 is 13.2 Å². The Morgan fingerprint density at radius 2 is 1.93 bits per heavy atom. The van der Waals surface area contributed by atoms with E-state index in [2.05, 4.69) is 0 Å². The average molecular weight is 441 g/mol. The molecule has 1 aliphatic heterocycles. The molecule has 0 saturated heterocycles. The van der Waals surface area contributed by atoms with Gasteiger partial charge in [-0.3, -0.25) is 9.10 Å². The van der Waals surface area contributed by atoms with Crippen LogP contribution in [0.3, 0.4) is 0 Å². The first-order chi connectivity index (χ1) is 13.2. The van der Waals surface area contributed by atoms with Crippen LogP contribution in [0.1, 0.15) is 25.3 Å². The molecule has 0 bridgehead atoms. The predicted molar refractivity (Wildman–Crippen MR) is 115 cm³/mol. The van der Waals surface area contributed by atoms with Gasteiger partial charge in [0.1, 0.15) is 6.04 Å². The smallest absolute Gasteiger partial charge is 0.250 e. The summed E-state index contributed by atoms with van der Waals surface area (Å²) in [5.74, 6) is -0.267. The monoisotopic (exact) mass is 440 g/mol. The molecule has 1 heterocycles. The number of anilines is 2. The lowest BCUT2D eigenvalue weighted by Gasteiger charge is -2.36. The molecule has 2 aromatic carbocycles. The first-order valence-corrected chi connectivity index (χ1v) is 11.7. The second-order valence-corrected chi connectivity index (χ2v) is 9.50. The van der Waals surface area contributed by atoms with Crippen LogP contribution >= 0.6 is 23.2 Å². The molecule has 0 aliphatic carbocycles. The Morgan fingerprint density at radius 1 is 1.21 bits per heavy atom. The topological polar surface area (TPSA) is 57.7 Å². The van der Waals surface area contributed by atoms with Gasteiger partial charge in [0.15, 0.2) is 0 Å². The molecule has 1 atom stereocenters. The number of rotatable bonds is 5. The Hall–Kier alpha value is -1.76. The highest BCUT2D eigenvalue weighted by Gasteiger charge is 2.37. The molecule has 0 aromatic heterocycles. The molecule has 0 spiro atoms. The van der Waals surface area contributed by atoms with E-state index in [0.717, 1.165) is 34.7 Å². The summed E-state index contributed by atoms with van der Waals surface area (Å²) >= 11 is 12.4. The van der Waals surface area contributed by atoms with E-state index in [4.69, 9.17) is 23.2 Å². The number of fused-ring (bicyclic) bond motifs is 1. The van der Waals surface area contributed by atoms with Crippen LogP contribution in [0.2, 0.25) is 10.0 Å². The maximum Gasteiger partial charge on any atom is 0.250 e. The van der Waals surface area contributed by atoms with Crippen LogP contribution in [0.15, 0.2) is 42.5 Å². The predicted octanol–water partition coefficient (Wildman–Crippen LogP) is 4.52. The fourth-order valence-electron chi connectivity index (χ4n) is 3.62. The summed E-state index contributed by atoms with van der Waals surface area (Å²) in [6.07, 6.45) is 3.10. The van der Waals surface area contributed by atoms with Crippen molar-refractivity contribution in [2.75, 3.05) is 22.0 Å². The normalized spacial score (nSPS) is 15.1. The standard InChI is InChI=1S/C20H22Cl2N2O3S/c1-3-17(20(25)23-12-6-8-14-7-4-5-9-18(14)23)24(28(2,26)27)19-13-15(21)10-11-16(19)22/h4-5,7,9-11,13,17H,3,6,8,12H2,1-2H3/t17-/m0/s1. The lowest BCUT2D eigenvalue weighted by molar-refractivity contribution is -0.119. The number of benzene rings is 2. The zero-order chi connectivity index (χ0) is 20.5. The molecule has 0 N–H and O–H groups in total. The van der Waals surface area contributed by atoms with E-state index in [-0.39, 0.29) is 16.6 Å². The van der Waals surface area contributed by atoms with E-state index in [1.54, 1.807) is 17.9 Å². The number of halogens is 2. The molecule has 150 valence electrons. The molecule has 0 unspecified atom stereocenters. The quantitative estimate of drug-likeness (QED) is 0.686. The van der Waals surface area contributed by atoms with Crippen molar-refractivity contribution in [2.45, 2.75) is 32.2 Å². The zero-order valence-electron chi connectivity index (χ0n) is 15.7. The van der Waals surface area contributed by atoms with Gasteiger partial charge in [-0.05, 0) is 49.1 Å². The highest BCUT2D eigenvalue weighted by molar-refractivity contribution is 7.92. The van der Waals surface area contributed by atoms with Gasteiger partial charge in [0.05, 0.1) is 17.0 Å². The minimum atomic E-state index is -3.79. The number of aryl methyl sites for hydroxylation is 1. The van der Waals surface area contributed by atoms with Crippen LogP contribution in [0, 0.1) is 0 Å². The maximum atomic E-state index is 13.5. The zero-order valence-corrected chi connectivity index (χ0v) is 18.1. The highest BCUT2D eigenvalue weighted by Crippen LogP contribution is 2.35. The summed E-state index contributed by atoms with van der Waals surface area (Å²) in [6, 6.07) is 11.4. The van der Waals surface area contributed by atoms with E-state index < -0.39 is 16.1 Å². The number of carbonyl (C=O) groups is 1. The van der Waals surface area contributed by atoms with Crippen molar-refractivity contribution in [3.8, 4) is 0 Å². The van der Waals surface area contributed by atoms with Crippen molar-refractivity contribution in [1.82, 2.24) is 0 Å². The first-order valence-electron chi connectivity index (χ1n) is 9.07. The average Bonchev–Trinajstić information content (AvgIpc) is 2.66. The molecule has 0 radical (unpaired) electrons. The van der Waals surface area contributed by atoms with Crippen LogP contribution in [-0.2, 0) is 21.2 Å². The van der Waals surface area contributed by atoms with Crippen LogP contribution in [0.4, 0.5) is 11.4 Å². The maximum absolute atomic E-state index is 13.5. The Labute approximate surface area is 175 Å². The molecule has 3 rings (SSSR count). The third-order valence-corrected chi connectivity index (χ3v) is 6.55. The number of hydrogen-bond donors (Lipinski definition) is 0.